The minimum atomic E-state index is -3.14. The van der Waals surface area contributed by atoms with Crippen LogP contribution < -0.4 is 14.4 Å². The Morgan fingerprint density at radius 3 is 2.48 bits per heavy atom. The van der Waals surface area contributed by atoms with Crippen LogP contribution in [0.15, 0.2) is 21.6 Å². The molecule has 1 aliphatic carbocycles. The highest BCUT2D eigenvalue weighted by Crippen LogP contribution is 2.46. The average molecular weight is 560 g/mol. The van der Waals surface area contributed by atoms with E-state index in [9.17, 15) is 13.2 Å². The highest BCUT2D eigenvalue weighted by Gasteiger charge is 2.50. The molecular weight excluding hydrogens is 528 g/mol. The van der Waals surface area contributed by atoms with E-state index >= 15 is 0 Å². The number of amides is 1. The van der Waals surface area contributed by atoms with Crippen molar-refractivity contribution in [2.75, 3.05) is 29.6 Å². The van der Waals surface area contributed by atoms with Crippen LogP contribution in [0.5, 0.6) is 11.5 Å². The van der Waals surface area contributed by atoms with Crippen LogP contribution in [0.2, 0.25) is 0 Å². The quantitative estimate of drug-likeness (QED) is 0.452. The molecule has 3 aliphatic rings. The van der Waals surface area contributed by atoms with Gasteiger partial charge in [-0.1, -0.05) is 37.4 Å². The fourth-order valence-electron chi connectivity index (χ4n) is 4.88. The van der Waals surface area contributed by atoms with Gasteiger partial charge in [0, 0.05) is 28.3 Å². The zero-order chi connectivity index (χ0) is 23.6. The number of anilines is 1. The third-order valence-corrected chi connectivity index (χ3v) is 10.2. The van der Waals surface area contributed by atoms with Crippen LogP contribution in [-0.4, -0.2) is 55.5 Å². The Balaban J connectivity index is 1.65. The van der Waals surface area contributed by atoms with E-state index in [1.54, 1.807) is 0 Å². The first-order chi connectivity index (χ1) is 15.8. The second-order valence-electron chi connectivity index (χ2n) is 8.76. The monoisotopic (exact) mass is 558 g/mol. The lowest BCUT2D eigenvalue weighted by molar-refractivity contribution is -0.118. The summed E-state index contributed by atoms with van der Waals surface area (Å²) in [5, 5.41) is 0.425. The number of aliphatic imine (C=N–C) groups is 1. The van der Waals surface area contributed by atoms with E-state index in [1.807, 2.05) is 30.9 Å². The van der Waals surface area contributed by atoms with E-state index in [-0.39, 0.29) is 28.7 Å². The van der Waals surface area contributed by atoms with Gasteiger partial charge in [-0.05, 0) is 42.1 Å². The maximum atomic E-state index is 12.8. The number of hydrogen-bond donors (Lipinski definition) is 0. The summed E-state index contributed by atoms with van der Waals surface area (Å²) in [6.45, 7) is 4.77. The number of hydrogen-bond acceptors (Lipinski definition) is 6. The lowest BCUT2D eigenvalue weighted by atomic mass is 10.0. The molecule has 0 unspecified atom stereocenters. The van der Waals surface area contributed by atoms with E-state index in [0.717, 1.165) is 16.6 Å². The molecule has 0 spiro atoms. The SMILES string of the molecule is CCOc1cc(Br)c(N2C(=NC(=O)CCC3CCCC3)S[C@H]3CS(=O)(=O)C[C@@H]32)cc1OCC. The molecule has 1 amide bonds. The molecule has 0 bridgehead atoms. The first kappa shape index (κ1) is 24.9. The standard InChI is InChI=1S/C23H31BrN2O5S2/c1-3-30-19-11-16(24)17(12-20(19)31-4-2)26-18-13-33(28,29)14-21(18)32-23(26)25-22(27)10-9-15-7-5-6-8-15/h11-12,15,18,21H,3-10,13-14H2,1-2H3/t18-,21-/m0/s1. The molecule has 4 rings (SSSR count). The van der Waals surface area contributed by atoms with Crippen molar-refractivity contribution < 1.29 is 22.7 Å². The third kappa shape index (κ3) is 5.70. The van der Waals surface area contributed by atoms with Crippen molar-refractivity contribution in [3.63, 3.8) is 0 Å². The summed E-state index contributed by atoms with van der Waals surface area (Å²) < 4.78 is 37.0. The van der Waals surface area contributed by atoms with Gasteiger partial charge in [-0.2, -0.15) is 4.99 Å². The van der Waals surface area contributed by atoms with Crippen LogP contribution in [0.4, 0.5) is 5.69 Å². The van der Waals surface area contributed by atoms with Crippen molar-refractivity contribution >= 4 is 54.3 Å². The summed E-state index contributed by atoms with van der Waals surface area (Å²) >= 11 is 5.03. The number of amidine groups is 1. The van der Waals surface area contributed by atoms with E-state index in [1.165, 1.54) is 37.4 Å². The molecular formula is C23H31BrN2O5S2. The fraction of sp³-hybridized carbons (Fsp3) is 0.652. The number of carbonyl (C=O) groups excluding carboxylic acids is 1. The molecule has 182 valence electrons. The number of carbonyl (C=O) groups is 1. The van der Waals surface area contributed by atoms with Crippen LogP contribution in [0.3, 0.4) is 0 Å². The molecule has 0 N–H and O–H groups in total. The summed E-state index contributed by atoms with van der Waals surface area (Å²) in [4.78, 5) is 19.2. The van der Waals surface area contributed by atoms with E-state index in [0.29, 0.717) is 42.2 Å². The fourth-order valence-corrected chi connectivity index (χ4v) is 9.32. The number of fused-ring (bicyclic) bond motifs is 1. The number of ether oxygens (including phenoxy) is 2. The highest BCUT2D eigenvalue weighted by molar-refractivity contribution is 9.10. The number of nitrogens with zero attached hydrogens (tertiary/aromatic N) is 2. The van der Waals surface area contributed by atoms with Crippen LogP contribution >= 0.6 is 27.7 Å². The minimum absolute atomic E-state index is 0.0452. The van der Waals surface area contributed by atoms with Crippen LogP contribution in [0.25, 0.3) is 0 Å². The van der Waals surface area contributed by atoms with Gasteiger partial charge in [0.15, 0.2) is 26.5 Å². The molecule has 1 aromatic carbocycles. The molecule has 33 heavy (non-hydrogen) atoms. The lowest BCUT2D eigenvalue weighted by Crippen LogP contribution is -2.38. The Labute approximate surface area is 208 Å². The van der Waals surface area contributed by atoms with Crippen LogP contribution in [0, 0.1) is 5.92 Å². The van der Waals surface area contributed by atoms with Gasteiger partial charge in [-0.25, -0.2) is 8.42 Å². The lowest BCUT2D eigenvalue weighted by Gasteiger charge is -2.27. The van der Waals surface area contributed by atoms with Crippen molar-refractivity contribution in [1.82, 2.24) is 0 Å². The first-order valence-corrected chi connectivity index (χ1v) is 15.2. The van der Waals surface area contributed by atoms with E-state index < -0.39 is 9.84 Å². The van der Waals surface area contributed by atoms with Crippen molar-refractivity contribution in [3.05, 3.63) is 16.6 Å². The summed E-state index contributed by atoms with van der Waals surface area (Å²) in [7, 11) is -3.14. The molecule has 2 saturated heterocycles. The Morgan fingerprint density at radius 2 is 1.82 bits per heavy atom. The van der Waals surface area contributed by atoms with Crippen molar-refractivity contribution in [2.24, 2.45) is 10.9 Å². The number of benzene rings is 1. The summed E-state index contributed by atoms with van der Waals surface area (Å²) in [6, 6.07) is 3.42. The predicted molar refractivity (Wildman–Crippen MR) is 136 cm³/mol. The molecule has 2 aliphatic heterocycles. The first-order valence-electron chi connectivity index (χ1n) is 11.7. The zero-order valence-corrected chi connectivity index (χ0v) is 22.3. The summed E-state index contributed by atoms with van der Waals surface area (Å²) in [6.07, 6.45) is 6.22. The van der Waals surface area contributed by atoms with Gasteiger partial charge in [0.05, 0.1) is 36.4 Å². The van der Waals surface area contributed by atoms with Crippen molar-refractivity contribution in [3.8, 4) is 11.5 Å². The number of halogens is 1. The molecule has 2 atom stereocenters. The molecule has 0 radical (unpaired) electrons. The molecule has 1 aromatic rings. The zero-order valence-electron chi connectivity index (χ0n) is 19.1. The molecule has 10 heteroatoms. The maximum absolute atomic E-state index is 12.8. The molecule has 0 aromatic heterocycles. The maximum Gasteiger partial charge on any atom is 0.248 e. The van der Waals surface area contributed by atoms with Crippen molar-refractivity contribution in [1.29, 1.82) is 0 Å². The highest BCUT2D eigenvalue weighted by atomic mass is 79.9. The number of rotatable bonds is 8. The van der Waals surface area contributed by atoms with Gasteiger partial charge in [0.1, 0.15) is 0 Å². The summed E-state index contributed by atoms with van der Waals surface area (Å²) in [5.41, 5.74) is 0.737. The molecule has 2 heterocycles. The Kier molecular flexibility index (Phi) is 7.95. The number of sulfone groups is 1. The molecule has 3 fully saturated rings. The minimum Gasteiger partial charge on any atom is -0.490 e. The normalized spacial score (nSPS) is 25.5. The largest absolute Gasteiger partial charge is 0.490 e. The van der Waals surface area contributed by atoms with Crippen LogP contribution in [-0.2, 0) is 14.6 Å². The van der Waals surface area contributed by atoms with Gasteiger partial charge < -0.3 is 14.4 Å². The van der Waals surface area contributed by atoms with Gasteiger partial charge >= 0.3 is 0 Å². The Hall–Kier alpha value is -1.26. The predicted octanol–water partition coefficient (Wildman–Crippen LogP) is 4.82. The topological polar surface area (TPSA) is 85.3 Å². The smallest absolute Gasteiger partial charge is 0.248 e. The van der Waals surface area contributed by atoms with Gasteiger partial charge in [-0.15, -0.1) is 0 Å². The van der Waals surface area contributed by atoms with E-state index in [4.69, 9.17) is 9.47 Å². The number of thioether (sulfide) groups is 1. The van der Waals surface area contributed by atoms with Gasteiger partial charge in [0.25, 0.3) is 0 Å². The molecule has 1 saturated carbocycles. The second kappa shape index (κ2) is 10.6. The van der Waals surface area contributed by atoms with Gasteiger partial charge in [0.2, 0.25) is 5.91 Å². The Bertz CT molecular complexity index is 1020. The van der Waals surface area contributed by atoms with Crippen LogP contribution in [0.1, 0.15) is 52.4 Å². The average Bonchev–Trinajstić information content (AvgIpc) is 3.44. The van der Waals surface area contributed by atoms with E-state index in [2.05, 4.69) is 20.9 Å². The van der Waals surface area contributed by atoms with Crippen molar-refractivity contribution in [2.45, 2.75) is 63.7 Å². The summed E-state index contributed by atoms with van der Waals surface area (Å²) in [5.74, 6) is 1.83. The van der Waals surface area contributed by atoms with Gasteiger partial charge in [-0.3, -0.25) is 4.79 Å². The third-order valence-electron chi connectivity index (χ3n) is 6.40. The Morgan fingerprint density at radius 1 is 1.15 bits per heavy atom. The molecule has 7 nitrogen and oxygen atoms in total. The second-order valence-corrected chi connectivity index (χ2v) is 13.0.